The lowest BCUT2D eigenvalue weighted by Crippen LogP contribution is -2.32. The van der Waals surface area contributed by atoms with Gasteiger partial charge in [-0.25, -0.2) is 0 Å². The molecule has 2 aliphatic rings. The second-order valence-corrected chi connectivity index (χ2v) is 5.09. The highest BCUT2D eigenvalue weighted by Gasteiger charge is 2.17. The SMILES string of the molecule is O=C(CN1CCCOCC1)c1ccc2c(c1)CCO2. The Morgan fingerprint density at radius 3 is 3.11 bits per heavy atom. The number of ketones is 1. The minimum atomic E-state index is 0.191. The normalized spacial score (nSPS) is 19.6. The van der Waals surface area contributed by atoms with Gasteiger partial charge in [0.15, 0.2) is 5.78 Å². The molecule has 0 amide bonds. The highest BCUT2D eigenvalue weighted by molar-refractivity contribution is 5.98. The molecular formula is C15H19NO3. The predicted octanol–water partition coefficient (Wildman–Crippen LogP) is 1.53. The summed E-state index contributed by atoms with van der Waals surface area (Å²) in [6, 6.07) is 5.78. The van der Waals surface area contributed by atoms with Crippen molar-refractivity contribution in [2.24, 2.45) is 0 Å². The molecule has 0 aromatic heterocycles. The summed E-state index contributed by atoms with van der Waals surface area (Å²) >= 11 is 0. The van der Waals surface area contributed by atoms with Crippen LogP contribution in [-0.2, 0) is 11.2 Å². The molecule has 0 N–H and O–H groups in total. The van der Waals surface area contributed by atoms with Crippen molar-refractivity contribution in [3.05, 3.63) is 29.3 Å². The molecule has 102 valence electrons. The second-order valence-electron chi connectivity index (χ2n) is 5.09. The van der Waals surface area contributed by atoms with E-state index in [1.54, 1.807) is 0 Å². The van der Waals surface area contributed by atoms with Crippen LogP contribution in [0.1, 0.15) is 22.3 Å². The van der Waals surface area contributed by atoms with E-state index in [-0.39, 0.29) is 5.78 Å². The van der Waals surface area contributed by atoms with Gasteiger partial charge in [0.2, 0.25) is 0 Å². The molecule has 4 heteroatoms. The summed E-state index contributed by atoms with van der Waals surface area (Å²) in [5, 5.41) is 0. The molecule has 0 radical (unpaired) electrons. The van der Waals surface area contributed by atoms with Crippen LogP contribution >= 0.6 is 0 Å². The van der Waals surface area contributed by atoms with E-state index in [0.717, 1.165) is 62.6 Å². The lowest BCUT2D eigenvalue weighted by Gasteiger charge is -2.18. The Morgan fingerprint density at radius 1 is 1.21 bits per heavy atom. The fourth-order valence-electron chi connectivity index (χ4n) is 2.61. The van der Waals surface area contributed by atoms with Gasteiger partial charge in [0.05, 0.1) is 19.8 Å². The van der Waals surface area contributed by atoms with Crippen molar-refractivity contribution in [3.8, 4) is 5.75 Å². The van der Waals surface area contributed by atoms with Crippen LogP contribution < -0.4 is 4.74 Å². The van der Waals surface area contributed by atoms with Gasteiger partial charge in [-0.05, 0) is 30.2 Å². The molecule has 1 fully saturated rings. The van der Waals surface area contributed by atoms with Gasteiger partial charge in [0.25, 0.3) is 0 Å². The zero-order chi connectivity index (χ0) is 13.1. The van der Waals surface area contributed by atoms with E-state index in [4.69, 9.17) is 9.47 Å². The molecule has 1 aromatic carbocycles. The van der Waals surface area contributed by atoms with Gasteiger partial charge >= 0.3 is 0 Å². The third-order valence-corrected chi connectivity index (χ3v) is 3.69. The maximum atomic E-state index is 12.3. The van der Waals surface area contributed by atoms with Crippen molar-refractivity contribution in [2.75, 3.05) is 39.5 Å². The Bertz CT molecular complexity index is 464. The van der Waals surface area contributed by atoms with E-state index in [0.29, 0.717) is 6.54 Å². The summed E-state index contributed by atoms with van der Waals surface area (Å²) in [6.07, 6.45) is 1.92. The van der Waals surface area contributed by atoms with Crippen LogP contribution in [0, 0.1) is 0 Å². The van der Waals surface area contributed by atoms with Crippen molar-refractivity contribution in [1.29, 1.82) is 0 Å². The maximum Gasteiger partial charge on any atom is 0.176 e. The van der Waals surface area contributed by atoms with Crippen molar-refractivity contribution in [1.82, 2.24) is 4.90 Å². The molecule has 19 heavy (non-hydrogen) atoms. The van der Waals surface area contributed by atoms with Gasteiger partial charge in [-0.2, -0.15) is 0 Å². The minimum Gasteiger partial charge on any atom is -0.493 e. The average Bonchev–Trinajstić information content (AvgIpc) is 2.75. The zero-order valence-corrected chi connectivity index (χ0v) is 11.1. The Labute approximate surface area is 113 Å². The third-order valence-electron chi connectivity index (χ3n) is 3.69. The quantitative estimate of drug-likeness (QED) is 0.773. The van der Waals surface area contributed by atoms with Gasteiger partial charge in [-0.15, -0.1) is 0 Å². The average molecular weight is 261 g/mol. The van der Waals surface area contributed by atoms with Crippen LogP contribution in [0.5, 0.6) is 5.75 Å². The molecule has 0 aliphatic carbocycles. The molecule has 0 atom stereocenters. The van der Waals surface area contributed by atoms with Crippen LogP contribution in [0.25, 0.3) is 0 Å². The molecule has 4 nitrogen and oxygen atoms in total. The molecule has 3 rings (SSSR count). The van der Waals surface area contributed by atoms with Crippen LogP contribution in [0.15, 0.2) is 18.2 Å². The van der Waals surface area contributed by atoms with E-state index in [9.17, 15) is 4.79 Å². The van der Waals surface area contributed by atoms with Gasteiger partial charge in [-0.1, -0.05) is 0 Å². The number of carbonyl (C=O) groups excluding carboxylic acids is 1. The molecule has 1 aromatic rings. The molecular weight excluding hydrogens is 242 g/mol. The molecule has 1 saturated heterocycles. The zero-order valence-electron chi connectivity index (χ0n) is 11.1. The number of ether oxygens (including phenoxy) is 2. The highest BCUT2D eigenvalue weighted by atomic mass is 16.5. The number of carbonyl (C=O) groups is 1. The third kappa shape index (κ3) is 2.96. The maximum absolute atomic E-state index is 12.3. The number of rotatable bonds is 3. The number of fused-ring (bicyclic) bond motifs is 1. The summed E-state index contributed by atoms with van der Waals surface area (Å²) in [7, 11) is 0. The van der Waals surface area contributed by atoms with Crippen molar-refractivity contribution in [2.45, 2.75) is 12.8 Å². The molecule has 0 unspecified atom stereocenters. The monoisotopic (exact) mass is 261 g/mol. The molecule has 0 spiro atoms. The smallest absolute Gasteiger partial charge is 0.176 e. The largest absolute Gasteiger partial charge is 0.493 e. The topological polar surface area (TPSA) is 38.8 Å². The van der Waals surface area contributed by atoms with E-state index < -0.39 is 0 Å². The van der Waals surface area contributed by atoms with E-state index >= 15 is 0 Å². The van der Waals surface area contributed by atoms with E-state index in [1.807, 2.05) is 18.2 Å². The van der Waals surface area contributed by atoms with Crippen LogP contribution in [0.3, 0.4) is 0 Å². The predicted molar refractivity (Wildman–Crippen MR) is 71.8 cm³/mol. The number of nitrogens with zero attached hydrogens (tertiary/aromatic N) is 1. The summed E-state index contributed by atoms with van der Waals surface area (Å²) < 4.78 is 10.9. The Kier molecular flexibility index (Phi) is 3.80. The molecule has 0 bridgehead atoms. The van der Waals surface area contributed by atoms with Crippen LogP contribution in [0.2, 0.25) is 0 Å². The molecule has 0 saturated carbocycles. The Morgan fingerprint density at radius 2 is 2.16 bits per heavy atom. The Hall–Kier alpha value is -1.39. The first-order valence-electron chi connectivity index (χ1n) is 6.92. The number of benzene rings is 1. The van der Waals surface area contributed by atoms with Crippen molar-refractivity contribution in [3.63, 3.8) is 0 Å². The number of hydrogen-bond acceptors (Lipinski definition) is 4. The van der Waals surface area contributed by atoms with E-state index in [1.165, 1.54) is 0 Å². The summed E-state index contributed by atoms with van der Waals surface area (Å²) in [4.78, 5) is 14.5. The van der Waals surface area contributed by atoms with Crippen LogP contribution in [0.4, 0.5) is 0 Å². The molecule has 2 heterocycles. The second kappa shape index (κ2) is 5.72. The first-order valence-corrected chi connectivity index (χ1v) is 6.92. The van der Waals surface area contributed by atoms with Crippen molar-refractivity contribution < 1.29 is 14.3 Å². The Balaban J connectivity index is 1.66. The summed E-state index contributed by atoms with van der Waals surface area (Å²) in [6.45, 7) is 4.55. The minimum absolute atomic E-state index is 0.191. The van der Waals surface area contributed by atoms with Crippen molar-refractivity contribution >= 4 is 5.78 Å². The number of hydrogen-bond donors (Lipinski definition) is 0. The molecule has 2 aliphatic heterocycles. The lowest BCUT2D eigenvalue weighted by molar-refractivity contribution is 0.0922. The highest BCUT2D eigenvalue weighted by Crippen LogP contribution is 2.26. The van der Waals surface area contributed by atoms with Gasteiger partial charge < -0.3 is 9.47 Å². The first-order chi connectivity index (χ1) is 9.33. The van der Waals surface area contributed by atoms with E-state index in [2.05, 4.69) is 4.90 Å². The first kappa shape index (κ1) is 12.6. The van der Waals surface area contributed by atoms with Gasteiger partial charge in [0.1, 0.15) is 5.75 Å². The summed E-state index contributed by atoms with van der Waals surface area (Å²) in [5.41, 5.74) is 1.96. The number of Topliss-reactive ketones (excluding diaryl/α,β-unsaturated/α-hetero) is 1. The standard InChI is InChI=1S/C15H19NO3/c17-14(11-16-5-1-7-18-9-6-16)12-2-3-15-13(10-12)4-8-19-15/h2-3,10H,1,4-9,11H2. The summed E-state index contributed by atoms with van der Waals surface area (Å²) in [5.74, 6) is 1.12. The van der Waals surface area contributed by atoms with Crippen LogP contribution in [-0.4, -0.2) is 50.1 Å². The fourth-order valence-corrected chi connectivity index (χ4v) is 2.61. The fraction of sp³-hybridized carbons (Fsp3) is 0.533. The van der Waals surface area contributed by atoms with Gasteiger partial charge in [0, 0.05) is 31.7 Å². The lowest BCUT2D eigenvalue weighted by atomic mass is 10.1. The van der Waals surface area contributed by atoms with Gasteiger partial charge in [-0.3, -0.25) is 9.69 Å².